The zero-order valence-corrected chi connectivity index (χ0v) is 23.4. The van der Waals surface area contributed by atoms with Gasteiger partial charge in [-0.1, -0.05) is 84.9 Å². The fourth-order valence-corrected chi connectivity index (χ4v) is 5.56. The average Bonchev–Trinajstić information content (AvgIpc) is 3.38. The molecule has 1 unspecified atom stereocenters. The van der Waals surface area contributed by atoms with Crippen molar-refractivity contribution in [1.29, 1.82) is 0 Å². The van der Waals surface area contributed by atoms with E-state index in [9.17, 15) is 14.7 Å². The molecule has 41 heavy (non-hydrogen) atoms. The van der Waals surface area contributed by atoms with E-state index in [1.54, 1.807) is 41.7 Å². The summed E-state index contributed by atoms with van der Waals surface area (Å²) in [6.45, 7) is 2.55. The molecule has 0 aliphatic rings. The van der Waals surface area contributed by atoms with E-state index in [-0.39, 0.29) is 12.2 Å². The number of carboxylic acids is 1. The smallest absolute Gasteiger partial charge is 0.305 e. The van der Waals surface area contributed by atoms with Gasteiger partial charge in [-0.15, -0.1) is 11.3 Å². The normalized spacial score (nSPS) is 11.5. The molecular weight excluding hydrogens is 532 g/mol. The highest BCUT2D eigenvalue weighted by Gasteiger charge is 2.20. The second kappa shape index (κ2) is 13.1. The number of nitrogens with one attached hydrogen (secondary N) is 1. The Morgan fingerprint density at radius 2 is 1.54 bits per heavy atom. The predicted molar refractivity (Wildman–Crippen MR) is 163 cm³/mol. The van der Waals surface area contributed by atoms with Crippen LogP contribution in [0.5, 0.6) is 5.75 Å². The third-order valence-electron chi connectivity index (χ3n) is 6.72. The summed E-state index contributed by atoms with van der Waals surface area (Å²) in [6, 6.07) is 33.2. The van der Waals surface area contributed by atoms with Crippen molar-refractivity contribution in [3.8, 4) is 16.3 Å². The maximum atomic E-state index is 13.2. The molecule has 0 spiro atoms. The van der Waals surface area contributed by atoms with Crippen LogP contribution in [0.3, 0.4) is 0 Å². The van der Waals surface area contributed by atoms with Gasteiger partial charge in [0.25, 0.3) is 0 Å². The molecule has 0 saturated heterocycles. The number of ether oxygens (including phenoxy) is 1. The van der Waals surface area contributed by atoms with Gasteiger partial charge in [0, 0.05) is 33.7 Å². The van der Waals surface area contributed by atoms with Gasteiger partial charge in [-0.2, -0.15) is 0 Å². The maximum Gasteiger partial charge on any atom is 0.305 e. The lowest BCUT2D eigenvalue weighted by atomic mass is 9.99. The molecule has 6 nitrogen and oxygen atoms in total. The zero-order chi connectivity index (χ0) is 28.6. The van der Waals surface area contributed by atoms with E-state index < -0.39 is 12.0 Å². The molecule has 1 atom stereocenters. The number of nitrogens with zero attached hydrogens (tertiary/aromatic N) is 1. The number of aliphatic carboxylic acids is 1. The first-order valence-corrected chi connectivity index (χ1v) is 14.2. The predicted octanol–water partition coefficient (Wildman–Crippen LogP) is 7.60. The number of hydrogen-bond donors (Lipinski definition) is 2. The third-order valence-corrected chi connectivity index (χ3v) is 7.78. The highest BCUT2D eigenvalue weighted by Crippen LogP contribution is 2.29. The molecule has 4 aromatic carbocycles. The zero-order valence-electron chi connectivity index (χ0n) is 22.6. The number of thiazole rings is 1. The molecule has 2 N–H and O–H groups in total. The van der Waals surface area contributed by atoms with E-state index in [4.69, 9.17) is 9.72 Å². The Kier molecular flexibility index (Phi) is 8.86. The standard InChI is InChI=1S/C34H30N2O4S/c1-23-29(36-34(41-23)26-12-6-3-7-13-26)20-21-40-27-18-16-24(17-19-27)31(22-32(37)38)35-30-15-9-8-14-28(30)33(39)25-10-4-2-5-11-25/h2-19,31,35H,20-22H2,1H3,(H,37,38). The van der Waals surface area contributed by atoms with E-state index in [0.29, 0.717) is 35.6 Å². The van der Waals surface area contributed by atoms with Crippen LogP contribution in [0.1, 0.15) is 44.5 Å². The van der Waals surface area contributed by atoms with Crippen molar-refractivity contribution >= 4 is 28.8 Å². The molecule has 1 heterocycles. The second-order valence-electron chi connectivity index (χ2n) is 9.59. The first-order chi connectivity index (χ1) is 20.0. The molecule has 0 fully saturated rings. The van der Waals surface area contributed by atoms with Crippen LogP contribution in [-0.2, 0) is 11.2 Å². The highest BCUT2D eigenvalue weighted by atomic mass is 32.1. The monoisotopic (exact) mass is 562 g/mol. The summed E-state index contributed by atoms with van der Waals surface area (Å²) in [6.07, 6.45) is 0.535. The van der Waals surface area contributed by atoms with Crippen molar-refractivity contribution in [3.63, 3.8) is 0 Å². The average molecular weight is 563 g/mol. The summed E-state index contributed by atoms with van der Waals surface area (Å²) in [7, 11) is 0. The number of para-hydroxylation sites is 1. The van der Waals surface area contributed by atoms with Gasteiger partial charge in [0.1, 0.15) is 10.8 Å². The number of rotatable bonds is 12. The molecule has 0 saturated carbocycles. The number of hydrogen-bond acceptors (Lipinski definition) is 6. The summed E-state index contributed by atoms with van der Waals surface area (Å²) >= 11 is 1.68. The minimum atomic E-state index is -0.941. The van der Waals surface area contributed by atoms with Crippen molar-refractivity contribution < 1.29 is 19.4 Å². The van der Waals surface area contributed by atoms with Crippen molar-refractivity contribution in [2.45, 2.75) is 25.8 Å². The van der Waals surface area contributed by atoms with Gasteiger partial charge in [-0.3, -0.25) is 9.59 Å². The van der Waals surface area contributed by atoms with Crippen LogP contribution in [0.25, 0.3) is 10.6 Å². The summed E-state index contributed by atoms with van der Waals surface area (Å²) in [5.74, 6) is -0.375. The van der Waals surface area contributed by atoms with E-state index in [0.717, 1.165) is 21.8 Å². The van der Waals surface area contributed by atoms with E-state index >= 15 is 0 Å². The number of carboxylic acid groups (broad SMARTS) is 1. The van der Waals surface area contributed by atoms with Crippen LogP contribution in [0.2, 0.25) is 0 Å². The van der Waals surface area contributed by atoms with Gasteiger partial charge in [0.05, 0.1) is 24.8 Å². The van der Waals surface area contributed by atoms with Crippen molar-refractivity contribution in [3.05, 3.63) is 136 Å². The molecule has 0 bridgehead atoms. The Hall–Kier alpha value is -4.75. The van der Waals surface area contributed by atoms with Crippen LogP contribution in [-0.4, -0.2) is 28.4 Å². The molecule has 7 heteroatoms. The van der Waals surface area contributed by atoms with E-state index in [2.05, 4.69) is 24.4 Å². The van der Waals surface area contributed by atoms with Crippen molar-refractivity contribution in [2.75, 3.05) is 11.9 Å². The number of carbonyl (C=O) groups is 2. The SMILES string of the molecule is Cc1sc(-c2ccccc2)nc1CCOc1ccc(C(CC(=O)O)Nc2ccccc2C(=O)c2ccccc2)cc1. The molecule has 0 radical (unpaired) electrons. The molecule has 0 aliphatic carbocycles. The molecule has 0 aliphatic heterocycles. The number of anilines is 1. The first kappa shape index (κ1) is 27.8. The van der Waals surface area contributed by atoms with Gasteiger partial charge in [0.2, 0.25) is 0 Å². The molecule has 0 amide bonds. The molecule has 5 rings (SSSR count). The molecule has 1 aromatic heterocycles. The fourth-order valence-electron chi connectivity index (χ4n) is 4.59. The number of ketones is 1. The Bertz CT molecular complexity index is 1620. The Balaban J connectivity index is 1.25. The molecule has 206 valence electrons. The van der Waals surface area contributed by atoms with Gasteiger partial charge in [-0.25, -0.2) is 4.98 Å². The third kappa shape index (κ3) is 7.07. The fraction of sp³-hybridized carbons (Fsp3) is 0.147. The lowest BCUT2D eigenvalue weighted by Crippen LogP contribution is -2.17. The van der Waals surface area contributed by atoms with E-state index in [1.807, 2.05) is 66.7 Å². The summed E-state index contributed by atoms with van der Waals surface area (Å²) in [5.41, 5.74) is 4.56. The number of carbonyl (C=O) groups excluding carboxylic acids is 1. The Labute approximate surface area is 243 Å². The molecule has 5 aromatic rings. The molecular formula is C34H30N2O4S. The van der Waals surface area contributed by atoms with Gasteiger partial charge in [-0.05, 0) is 36.8 Å². The maximum absolute atomic E-state index is 13.2. The van der Waals surface area contributed by atoms with Crippen molar-refractivity contribution in [1.82, 2.24) is 4.98 Å². The lowest BCUT2D eigenvalue weighted by Gasteiger charge is -2.21. The quantitative estimate of drug-likeness (QED) is 0.152. The van der Waals surface area contributed by atoms with Gasteiger partial charge >= 0.3 is 5.97 Å². The largest absolute Gasteiger partial charge is 0.493 e. The number of aromatic nitrogens is 1. The summed E-state index contributed by atoms with van der Waals surface area (Å²) < 4.78 is 6.00. The lowest BCUT2D eigenvalue weighted by molar-refractivity contribution is -0.137. The Morgan fingerprint density at radius 3 is 2.24 bits per heavy atom. The van der Waals surface area contributed by atoms with Crippen LogP contribution >= 0.6 is 11.3 Å². The Morgan fingerprint density at radius 1 is 0.878 bits per heavy atom. The van der Waals surface area contributed by atoms with Crippen LogP contribution in [0.4, 0.5) is 5.69 Å². The topological polar surface area (TPSA) is 88.5 Å². The minimum Gasteiger partial charge on any atom is -0.493 e. The number of aryl methyl sites for hydroxylation is 1. The minimum absolute atomic E-state index is 0.127. The van der Waals surface area contributed by atoms with Gasteiger partial charge < -0.3 is 15.2 Å². The van der Waals surface area contributed by atoms with Gasteiger partial charge in [0.15, 0.2) is 5.78 Å². The highest BCUT2D eigenvalue weighted by molar-refractivity contribution is 7.15. The van der Waals surface area contributed by atoms with Crippen LogP contribution in [0.15, 0.2) is 109 Å². The van der Waals surface area contributed by atoms with Crippen molar-refractivity contribution in [2.24, 2.45) is 0 Å². The first-order valence-electron chi connectivity index (χ1n) is 13.4. The second-order valence-corrected chi connectivity index (χ2v) is 10.8. The van der Waals surface area contributed by atoms with Crippen LogP contribution < -0.4 is 10.1 Å². The van der Waals surface area contributed by atoms with Crippen LogP contribution in [0, 0.1) is 6.92 Å². The summed E-state index contributed by atoms with van der Waals surface area (Å²) in [4.78, 5) is 30.9. The van der Waals surface area contributed by atoms with E-state index in [1.165, 1.54) is 4.88 Å². The summed E-state index contributed by atoms with van der Waals surface area (Å²) in [5, 5.41) is 13.9. The number of benzene rings is 4.